The van der Waals surface area contributed by atoms with E-state index < -0.39 is 0 Å². The van der Waals surface area contributed by atoms with Crippen molar-refractivity contribution in [3.05, 3.63) is 12.2 Å². The van der Waals surface area contributed by atoms with Gasteiger partial charge in [-0.05, 0) is 18.3 Å². The van der Waals surface area contributed by atoms with Crippen molar-refractivity contribution in [2.75, 3.05) is 0 Å². The molecule has 0 N–H and O–H groups in total. The molecule has 0 amide bonds. The molecule has 0 radical (unpaired) electrons. The number of carbonyl (C=O) groups is 1. The summed E-state index contributed by atoms with van der Waals surface area (Å²) >= 11 is 0. The van der Waals surface area contributed by atoms with Gasteiger partial charge in [0.05, 0.1) is 0 Å². The summed E-state index contributed by atoms with van der Waals surface area (Å²) in [7, 11) is 0. The molecular formula is C10H16O. The lowest BCUT2D eigenvalue weighted by Crippen LogP contribution is -2.23. The average Bonchev–Trinajstić information content (AvgIpc) is 2.17. The topological polar surface area (TPSA) is 17.1 Å². The highest BCUT2D eigenvalue weighted by Crippen LogP contribution is 2.47. The highest BCUT2D eigenvalue weighted by molar-refractivity contribution is 5.61. The summed E-state index contributed by atoms with van der Waals surface area (Å²) in [6.45, 7) is 10.3. The molecule has 11 heavy (non-hydrogen) atoms. The zero-order valence-electron chi connectivity index (χ0n) is 7.55. The highest BCUT2D eigenvalue weighted by Gasteiger charge is 2.42. The lowest BCUT2D eigenvalue weighted by Gasteiger charge is -2.22. The Morgan fingerprint density at radius 2 is 2.18 bits per heavy atom. The van der Waals surface area contributed by atoms with Crippen LogP contribution in [0.4, 0.5) is 0 Å². The van der Waals surface area contributed by atoms with Gasteiger partial charge in [0, 0.05) is 5.41 Å². The standard InChI is InChI=1S/C10H16O/c1-7-5-10(4,6-11)9(3)8(7)2/h6,8-9H,1,5H2,2-4H3. The third kappa shape index (κ3) is 1.13. The molecule has 0 aromatic rings. The largest absolute Gasteiger partial charge is 0.303 e. The SMILES string of the molecule is C=C1CC(C)(C=O)C(C)C1C. The number of carbonyl (C=O) groups excluding carboxylic acids is 1. The van der Waals surface area contributed by atoms with E-state index in [1.165, 1.54) is 5.57 Å². The fourth-order valence-corrected chi connectivity index (χ4v) is 1.88. The second-order valence-electron chi connectivity index (χ2n) is 4.04. The van der Waals surface area contributed by atoms with Crippen molar-refractivity contribution in [1.82, 2.24) is 0 Å². The van der Waals surface area contributed by atoms with Gasteiger partial charge in [-0.1, -0.05) is 32.9 Å². The minimum atomic E-state index is -0.142. The summed E-state index contributed by atoms with van der Waals surface area (Å²) in [6.07, 6.45) is 1.96. The van der Waals surface area contributed by atoms with Crippen molar-refractivity contribution >= 4 is 6.29 Å². The summed E-state index contributed by atoms with van der Waals surface area (Å²) in [5, 5.41) is 0. The van der Waals surface area contributed by atoms with Crippen molar-refractivity contribution in [3.63, 3.8) is 0 Å². The van der Waals surface area contributed by atoms with Gasteiger partial charge in [0.25, 0.3) is 0 Å². The second-order valence-corrected chi connectivity index (χ2v) is 4.04. The van der Waals surface area contributed by atoms with Crippen LogP contribution in [0.2, 0.25) is 0 Å². The first-order chi connectivity index (χ1) is 5.01. The molecular weight excluding hydrogens is 136 g/mol. The van der Waals surface area contributed by atoms with Crippen LogP contribution in [0.5, 0.6) is 0 Å². The van der Waals surface area contributed by atoms with Gasteiger partial charge in [0.1, 0.15) is 6.29 Å². The number of hydrogen-bond donors (Lipinski definition) is 0. The predicted molar refractivity (Wildman–Crippen MR) is 46.3 cm³/mol. The van der Waals surface area contributed by atoms with Gasteiger partial charge in [-0.3, -0.25) is 0 Å². The Morgan fingerprint density at radius 3 is 2.36 bits per heavy atom. The van der Waals surface area contributed by atoms with Gasteiger partial charge >= 0.3 is 0 Å². The second kappa shape index (κ2) is 2.47. The molecule has 0 bridgehead atoms. The molecule has 0 heterocycles. The Kier molecular flexibility index (Phi) is 1.91. The maximum atomic E-state index is 10.8. The van der Waals surface area contributed by atoms with E-state index in [1.807, 2.05) is 6.92 Å². The zero-order chi connectivity index (χ0) is 8.65. The van der Waals surface area contributed by atoms with E-state index in [0.717, 1.165) is 12.7 Å². The normalized spacial score (nSPS) is 44.5. The number of rotatable bonds is 1. The first kappa shape index (κ1) is 8.51. The van der Waals surface area contributed by atoms with Crippen LogP contribution in [-0.2, 0) is 4.79 Å². The number of allylic oxidation sites excluding steroid dienone is 1. The lowest BCUT2D eigenvalue weighted by molar-refractivity contribution is -0.117. The minimum absolute atomic E-state index is 0.142. The third-order valence-electron chi connectivity index (χ3n) is 3.31. The van der Waals surface area contributed by atoms with Crippen molar-refractivity contribution in [2.24, 2.45) is 17.3 Å². The fraction of sp³-hybridized carbons (Fsp3) is 0.700. The Labute approximate surface area is 68.5 Å². The van der Waals surface area contributed by atoms with Gasteiger partial charge in [-0.2, -0.15) is 0 Å². The molecule has 1 fully saturated rings. The quantitative estimate of drug-likeness (QED) is 0.416. The first-order valence-electron chi connectivity index (χ1n) is 4.15. The van der Waals surface area contributed by atoms with Crippen molar-refractivity contribution in [2.45, 2.75) is 27.2 Å². The van der Waals surface area contributed by atoms with Crippen LogP contribution in [0.1, 0.15) is 27.2 Å². The molecule has 1 saturated carbocycles. The zero-order valence-corrected chi connectivity index (χ0v) is 7.55. The van der Waals surface area contributed by atoms with Crippen LogP contribution in [0.3, 0.4) is 0 Å². The van der Waals surface area contributed by atoms with Crippen molar-refractivity contribution in [1.29, 1.82) is 0 Å². The Balaban J connectivity index is 2.90. The molecule has 1 heteroatoms. The molecule has 3 unspecified atom stereocenters. The molecule has 1 aliphatic rings. The van der Waals surface area contributed by atoms with E-state index in [-0.39, 0.29) is 5.41 Å². The van der Waals surface area contributed by atoms with Gasteiger partial charge in [0.2, 0.25) is 0 Å². The molecule has 1 aliphatic carbocycles. The number of aldehydes is 1. The summed E-state index contributed by atoms with van der Waals surface area (Å²) in [6, 6.07) is 0. The van der Waals surface area contributed by atoms with Gasteiger partial charge in [-0.25, -0.2) is 0 Å². The maximum absolute atomic E-state index is 10.8. The van der Waals surface area contributed by atoms with E-state index in [0.29, 0.717) is 11.8 Å². The lowest BCUT2D eigenvalue weighted by atomic mass is 9.80. The molecule has 1 nitrogen and oxygen atoms in total. The van der Waals surface area contributed by atoms with Crippen LogP contribution in [0, 0.1) is 17.3 Å². The minimum Gasteiger partial charge on any atom is -0.303 e. The number of hydrogen-bond acceptors (Lipinski definition) is 1. The monoisotopic (exact) mass is 152 g/mol. The van der Waals surface area contributed by atoms with Crippen molar-refractivity contribution in [3.8, 4) is 0 Å². The summed E-state index contributed by atoms with van der Waals surface area (Å²) in [4.78, 5) is 10.8. The molecule has 0 saturated heterocycles. The maximum Gasteiger partial charge on any atom is 0.126 e. The average molecular weight is 152 g/mol. The van der Waals surface area contributed by atoms with Crippen LogP contribution in [0.15, 0.2) is 12.2 Å². The van der Waals surface area contributed by atoms with E-state index in [1.54, 1.807) is 0 Å². The van der Waals surface area contributed by atoms with Crippen LogP contribution in [-0.4, -0.2) is 6.29 Å². The Morgan fingerprint density at radius 1 is 1.64 bits per heavy atom. The van der Waals surface area contributed by atoms with Crippen LogP contribution in [0.25, 0.3) is 0 Å². The predicted octanol–water partition coefficient (Wildman–Crippen LogP) is 2.42. The highest BCUT2D eigenvalue weighted by atomic mass is 16.1. The van der Waals surface area contributed by atoms with Gasteiger partial charge < -0.3 is 4.79 Å². The molecule has 62 valence electrons. The molecule has 0 aliphatic heterocycles. The summed E-state index contributed by atoms with van der Waals surface area (Å²) in [5.41, 5.74) is 1.09. The summed E-state index contributed by atoms with van der Waals surface area (Å²) in [5.74, 6) is 0.956. The Bertz CT molecular complexity index is 195. The van der Waals surface area contributed by atoms with Crippen LogP contribution >= 0.6 is 0 Å². The molecule has 0 spiro atoms. The third-order valence-corrected chi connectivity index (χ3v) is 3.31. The van der Waals surface area contributed by atoms with Gasteiger partial charge in [0.15, 0.2) is 0 Å². The fourth-order valence-electron chi connectivity index (χ4n) is 1.88. The van der Waals surface area contributed by atoms with Crippen molar-refractivity contribution < 1.29 is 4.79 Å². The van der Waals surface area contributed by atoms with Crippen LogP contribution < -0.4 is 0 Å². The molecule has 0 aromatic carbocycles. The summed E-state index contributed by atoms with van der Waals surface area (Å²) < 4.78 is 0. The van der Waals surface area contributed by atoms with E-state index in [4.69, 9.17) is 0 Å². The molecule has 1 rings (SSSR count). The van der Waals surface area contributed by atoms with E-state index >= 15 is 0 Å². The van der Waals surface area contributed by atoms with E-state index in [2.05, 4.69) is 20.4 Å². The van der Waals surface area contributed by atoms with Gasteiger partial charge in [-0.15, -0.1) is 0 Å². The molecule has 0 aromatic heterocycles. The smallest absolute Gasteiger partial charge is 0.126 e. The molecule has 3 atom stereocenters. The van der Waals surface area contributed by atoms with E-state index in [9.17, 15) is 4.79 Å². The first-order valence-corrected chi connectivity index (χ1v) is 4.15. The Hall–Kier alpha value is -0.590.